The predicted molar refractivity (Wildman–Crippen MR) is 4.12 cm³/mol. The van der Waals surface area contributed by atoms with Crippen LogP contribution in [0.4, 0.5) is 0 Å². The van der Waals surface area contributed by atoms with Gasteiger partial charge in [-0.05, 0) is 0 Å². The van der Waals surface area contributed by atoms with Crippen molar-refractivity contribution >= 4 is 0 Å². The standard InChI is InChI=1S/2Li.3Mo.12O.Ti/q2*+1;;;;;;;;;;6*-1;+4. The van der Waals surface area contributed by atoms with Gasteiger partial charge >= 0.3 is 153 Å². The van der Waals surface area contributed by atoms with Crippen molar-refractivity contribution in [1.82, 2.24) is 0 Å². The van der Waals surface area contributed by atoms with Crippen molar-refractivity contribution < 1.29 is 153 Å². The van der Waals surface area contributed by atoms with Crippen molar-refractivity contribution in [3.8, 4) is 0 Å². The Labute approximate surface area is 150 Å². The zero-order valence-corrected chi connectivity index (χ0v) is 16.2. The second-order valence-electron chi connectivity index (χ2n) is 1.22. The van der Waals surface area contributed by atoms with Crippen LogP contribution in [0.15, 0.2) is 0 Å². The Balaban J connectivity index is -0.0000000277. The summed E-state index contributed by atoms with van der Waals surface area (Å²) in [5, 5.41) is 0. The molecule has 0 spiro atoms. The minimum absolute atomic E-state index is 0. The van der Waals surface area contributed by atoms with Crippen LogP contribution in [0.3, 0.4) is 0 Å². The van der Waals surface area contributed by atoms with E-state index in [4.69, 9.17) is 42.9 Å². The molecule has 0 aromatic rings. The van der Waals surface area contributed by atoms with E-state index in [1.807, 2.05) is 0 Å². The molecule has 0 N–H and O–H groups in total. The Hall–Kier alpha value is 2.53. The number of hydrogen-bond donors (Lipinski definition) is 0. The monoisotopic (exact) mass is 548 g/mol. The molecule has 0 bridgehead atoms. The molecule has 0 heterocycles. The second-order valence-corrected chi connectivity index (χ2v) is 7.25. The van der Waals surface area contributed by atoms with Gasteiger partial charge in [-0.2, -0.15) is 0 Å². The van der Waals surface area contributed by atoms with Crippen molar-refractivity contribution in [2.24, 2.45) is 0 Å². The fourth-order valence-electron chi connectivity index (χ4n) is 0. The van der Waals surface area contributed by atoms with E-state index in [1.165, 1.54) is 0 Å². The molecule has 96 valence electrons. The zero-order chi connectivity index (χ0) is 13.5. The van der Waals surface area contributed by atoms with Crippen LogP contribution in [0.1, 0.15) is 0 Å². The average Bonchev–Trinajstić information content (AvgIpc) is 1.41. The van der Waals surface area contributed by atoms with E-state index < -0.39 is 50.2 Å². The van der Waals surface area contributed by atoms with Gasteiger partial charge in [-0.3, -0.25) is 0 Å². The van der Waals surface area contributed by atoms with Crippen LogP contribution in [0, 0.1) is 0 Å². The van der Waals surface area contributed by atoms with Gasteiger partial charge in [-0.1, -0.05) is 0 Å². The van der Waals surface area contributed by atoms with E-state index in [1.54, 1.807) is 0 Å². The minimum Gasteiger partial charge on any atom is 4.00 e. The van der Waals surface area contributed by atoms with Gasteiger partial charge in [0.15, 0.2) is 0 Å². The smallest absolute Gasteiger partial charge is 4.00 e. The Morgan fingerprint density at radius 3 is 0.444 bits per heavy atom. The number of rotatable bonds is 0. The molecule has 0 unspecified atom stereocenters. The molecule has 0 saturated heterocycles. The molecule has 0 aliphatic rings. The van der Waals surface area contributed by atoms with Crippen LogP contribution < -0.4 is 60.3 Å². The molecule has 12 nitrogen and oxygen atoms in total. The Bertz CT molecular complexity index is 346. The minimum atomic E-state index is -6.02. The molecule has 0 saturated carbocycles. The molecule has 0 atom stereocenters. The van der Waals surface area contributed by atoms with Crippen LogP contribution in [0.25, 0.3) is 0 Å². The molecule has 0 radical (unpaired) electrons. The van der Waals surface area contributed by atoms with Crippen molar-refractivity contribution in [3.63, 3.8) is 0 Å². The van der Waals surface area contributed by atoms with E-state index in [9.17, 15) is 0 Å². The summed E-state index contributed by atoms with van der Waals surface area (Å²) in [4.78, 5) is 0. The molecule has 18 heavy (non-hydrogen) atoms. The largest absolute Gasteiger partial charge is 4.00 e. The third-order valence-electron chi connectivity index (χ3n) is 0. The molecule has 0 aliphatic heterocycles. The maximum absolute atomic E-state index is 8.63. The van der Waals surface area contributed by atoms with Crippen LogP contribution >= 0.6 is 0 Å². The molecular weight excluding hydrogens is 542 g/mol. The van der Waals surface area contributed by atoms with Crippen molar-refractivity contribution in [1.29, 1.82) is 0 Å². The predicted octanol–water partition coefficient (Wildman–Crippen LogP) is -13.8. The summed E-state index contributed by atoms with van der Waals surface area (Å²) in [5.41, 5.74) is 0. The Morgan fingerprint density at radius 2 is 0.444 bits per heavy atom. The topological polar surface area (TPSA) is 241 Å². The Kier molecular flexibility index (Phi) is 32.8. The van der Waals surface area contributed by atoms with Gasteiger partial charge in [0.25, 0.3) is 0 Å². The van der Waals surface area contributed by atoms with Crippen molar-refractivity contribution in [3.05, 3.63) is 0 Å². The molecule has 0 fully saturated rings. The Morgan fingerprint density at radius 1 is 0.444 bits per heavy atom. The maximum Gasteiger partial charge on any atom is 4.00 e. The SMILES string of the molecule is [Li+].[Li+].[O]=[Mo](=[O])([O-])[O-].[O]=[Mo](=[O])([O-])[O-].[O]=[Mo](=[O])([O-])[O-].[Ti+4]. The van der Waals surface area contributed by atoms with Crippen LogP contribution in [0.2, 0.25) is 0 Å². The molecule has 0 aliphatic carbocycles. The van der Waals surface area contributed by atoms with Gasteiger partial charge in [-0.15, -0.1) is 0 Å². The summed E-state index contributed by atoms with van der Waals surface area (Å²) >= 11 is -18.1. The van der Waals surface area contributed by atoms with Gasteiger partial charge in [0.2, 0.25) is 0 Å². The van der Waals surface area contributed by atoms with Crippen LogP contribution in [0.5, 0.6) is 0 Å². The van der Waals surface area contributed by atoms with Gasteiger partial charge < -0.3 is 0 Å². The molecule has 0 amide bonds. The van der Waals surface area contributed by atoms with E-state index in [0.29, 0.717) is 0 Å². The summed E-state index contributed by atoms with van der Waals surface area (Å²) in [7, 11) is 0. The third kappa shape index (κ3) is 887. The van der Waals surface area contributed by atoms with E-state index in [-0.39, 0.29) is 59.4 Å². The zero-order valence-electron chi connectivity index (χ0n) is 8.62. The van der Waals surface area contributed by atoms with Crippen molar-refractivity contribution in [2.75, 3.05) is 0 Å². The molecule has 18 heteroatoms. The van der Waals surface area contributed by atoms with E-state index in [0.717, 1.165) is 0 Å². The van der Waals surface area contributed by atoms with Gasteiger partial charge in [-0.25, -0.2) is 0 Å². The molecular formula is Li2Mo3O12Ti. The van der Waals surface area contributed by atoms with Gasteiger partial charge in [0, 0.05) is 0 Å². The first-order valence-corrected chi connectivity index (χ1v) is 11.8. The molecule has 0 rings (SSSR count). The first-order valence-electron chi connectivity index (χ1n) is 2.00. The second kappa shape index (κ2) is 15.9. The third-order valence-corrected chi connectivity index (χ3v) is 0. The normalized spacial score (nSPS) is 9.67. The molecule has 0 aromatic heterocycles. The quantitative estimate of drug-likeness (QED) is 0.260. The summed E-state index contributed by atoms with van der Waals surface area (Å²) in [5.74, 6) is 0. The molecule has 0 aromatic carbocycles. The first kappa shape index (κ1) is 37.1. The van der Waals surface area contributed by atoms with E-state index in [2.05, 4.69) is 0 Å². The summed E-state index contributed by atoms with van der Waals surface area (Å²) < 4.78 is 104. The fourth-order valence-corrected chi connectivity index (χ4v) is 0. The van der Waals surface area contributed by atoms with Crippen LogP contribution in [-0.2, 0) is 92.3 Å². The maximum atomic E-state index is 8.63. The van der Waals surface area contributed by atoms with E-state index >= 15 is 0 Å². The summed E-state index contributed by atoms with van der Waals surface area (Å²) in [6.07, 6.45) is 0. The number of hydrogen-bond acceptors (Lipinski definition) is 12. The van der Waals surface area contributed by atoms with Crippen LogP contribution in [-0.4, -0.2) is 0 Å². The summed E-state index contributed by atoms with van der Waals surface area (Å²) in [6, 6.07) is 0. The van der Waals surface area contributed by atoms with Crippen molar-refractivity contribution in [2.45, 2.75) is 0 Å². The van der Waals surface area contributed by atoms with Gasteiger partial charge in [0.05, 0.1) is 0 Å². The average molecular weight is 542 g/mol. The fraction of sp³-hybridized carbons (Fsp3) is 0. The van der Waals surface area contributed by atoms with Gasteiger partial charge in [0.1, 0.15) is 0 Å². The summed E-state index contributed by atoms with van der Waals surface area (Å²) in [6.45, 7) is 0. The first-order chi connectivity index (χ1) is 6.00.